The van der Waals surface area contributed by atoms with Crippen LogP contribution in [0.3, 0.4) is 0 Å². The first-order chi connectivity index (χ1) is 9.19. The van der Waals surface area contributed by atoms with Crippen molar-refractivity contribution in [2.75, 3.05) is 20.2 Å². The van der Waals surface area contributed by atoms with Gasteiger partial charge in [-0.15, -0.1) is 0 Å². The van der Waals surface area contributed by atoms with Crippen molar-refractivity contribution in [2.24, 2.45) is 0 Å². The molecule has 19 heavy (non-hydrogen) atoms. The van der Waals surface area contributed by atoms with Crippen LogP contribution in [-0.4, -0.2) is 47.9 Å². The number of rotatable bonds is 3. The summed E-state index contributed by atoms with van der Waals surface area (Å²) in [5.41, 5.74) is 0.436. The van der Waals surface area contributed by atoms with E-state index < -0.39 is 6.04 Å². The summed E-state index contributed by atoms with van der Waals surface area (Å²) in [6, 6.07) is 1.19. The van der Waals surface area contributed by atoms with Crippen LogP contribution >= 0.6 is 0 Å². The molecule has 1 fully saturated rings. The van der Waals surface area contributed by atoms with Crippen molar-refractivity contribution in [3.8, 4) is 5.75 Å². The molecule has 2 rings (SSSR count). The first-order valence-electron chi connectivity index (χ1n) is 6.25. The summed E-state index contributed by atoms with van der Waals surface area (Å²) in [6.45, 7) is 2.88. The third-order valence-electron chi connectivity index (χ3n) is 3.21. The number of nitrogens with zero attached hydrogens (tertiary/aromatic N) is 2. The zero-order valence-electron chi connectivity index (χ0n) is 11.0. The fraction of sp³-hybridized carbons (Fsp3) is 0.462. The summed E-state index contributed by atoms with van der Waals surface area (Å²) in [5, 5.41) is 2.77. The summed E-state index contributed by atoms with van der Waals surface area (Å²) in [6.07, 6.45) is 3.63. The first kappa shape index (κ1) is 13.3. The van der Waals surface area contributed by atoms with E-state index in [0.29, 0.717) is 30.8 Å². The van der Waals surface area contributed by atoms with Crippen molar-refractivity contribution in [3.63, 3.8) is 0 Å². The van der Waals surface area contributed by atoms with E-state index in [-0.39, 0.29) is 11.8 Å². The Labute approximate surface area is 111 Å². The molecule has 0 radical (unpaired) electrons. The molecular formula is C13H17N3O3. The molecule has 102 valence electrons. The molecule has 6 heteroatoms. The van der Waals surface area contributed by atoms with Gasteiger partial charge in [0.2, 0.25) is 5.91 Å². The van der Waals surface area contributed by atoms with Crippen LogP contribution in [-0.2, 0) is 4.79 Å². The summed E-state index contributed by atoms with van der Waals surface area (Å²) in [7, 11) is 1.49. The van der Waals surface area contributed by atoms with Crippen LogP contribution < -0.4 is 10.1 Å². The van der Waals surface area contributed by atoms with E-state index in [2.05, 4.69) is 10.3 Å². The third-order valence-corrected chi connectivity index (χ3v) is 3.21. The monoisotopic (exact) mass is 263 g/mol. The standard InChI is InChI=1S/C13H17N3O3/c1-3-10-12(17)15-6-7-16(10)13(18)9-4-5-14-8-11(9)19-2/h4-5,8,10H,3,6-7H2,1-2H3,(H,15,17). The van der Waals surface area contributed by atoms with Crippen LogP contribution in [0.5, 0.6) is 5.75 Å². The lowest BCUT2D eigenvalue weighted by Crippen LogP contribution is -2.56. The van der Waals surface area contributed by atoms with Gasteiger partial charge in [-0.05, 0) is 12.5 Å². The lowest BCUT2D eigenvalue weighted by atomic mass is 10.1. The van der Waals surface area contributed by atoms with Gasteiger partial charge < -0.3 is 15.0 Å². The summed E-state index contributed by atoms with van der Waals surface area (Å²) >= 11 is 0. The molecule has 1 unspecified atom stereocenters. The zero-order valence-corrected chi connectivity index (χ0v) is 11.0. The van der Waals surface area contributed by atoms with E-state index in [9.17, 15) is 9.59 Å². The number of hydrogen-bond donors (Lipinski definition) is 1. The quantitative estimate of drug-likeness (QED) is 0.859. The van der Waals surface area contributed by atoms with Gasteiger partial charge in [0.15, 0.2) is 0 Å². The van der Waals surface area contributed by atoms with Crippen LogP contribution in [0.25, 0.3) is 0 Å². The number of carbonyl (C=O) groups is 2. The molecule has 6 nitrogen and oxygen atoms in total. The van der Waals surface area contributed by atoms with Crippen molar-refractivity contribution >= 4 is 11.8 Å². The van der Waals surface area contributed by atoms with Crippen LogP contribution in [0.4, 0.5) is 0 Å². The van der Waals surface area contributed by atoms with Gasteiger partial charge in [-0.3, -0.25) is 14.6 Å². The van der Waals surface area contributed by atoms with Gasteiger partial charge in [0.1, 0.15) is 11.8 Å². The number of carbonyl (C=O) groups excluding carboxylic acids is 2. The number of ether oxygens (including phenoxy) is 1. The molecule has 1 aliphatic rings. The summed E-state index contributed by atoms with van der Waals surface area (Å²) in [4.78, 5) is 29.8. The molecule has 1 N–H and O–H groups in total. The largest absolute Gasteiger partial charge is 0.494 e. The maximum absolute atomic E-state index is 12.5. The molecule has 0 spiro atoms. The molecule has 2 amide bonds. The van der Waals surface area contributed by atoms with Gasteiger partial charge in [-0.2, -0.15) is 0 Å². The Morgan fingerprint density at radius 3 is 3.11 bits per heavy atom. The topological polar surface area (TPSA) is 71.5 Å². The molecular weight excluding hydrogens is 246 g/mol. The Kier molecular flexibility index (Phi) is 3.99. The van der Waals surface area contributed by atoms with E-state index in [0.717, 1.165) is 0 Å². The maximum Gasteiger partial charge on any atom is 0.258 e. The molecule has 1 aromatic rings. The number of hydrogen-bond acceptors (Lipinski definition) is 4. The minimum Gasteiger partial charge on any atom is -0.494 e. The lowest BCUT2D eigenvalue weighted by Gasteiger charge is -2.34. The van der Waals surface area contributed by atoms with Crippen molar-refractivity contribution in [1.29, 1.82) is 0 Å². The van der Waals surface area contributed by atoms with E-state index >= 15 is 0 Å². The molecule has 1 atom stereocenters. The SMILES string of the molecule is CCC1C(=O)NCCN1C(=O)c1ccncc1OC. The van der Waals surface area contributed by atoms with Crippen LogP contribution in [0.15, 0.2) is 18.5 Å². The predicted octanol–water partition coefficient (Wildman–Crippen LogP) is 0.441. The Hall–Kier alpha value is -2.11. The van der Waals surface area contributed by atoms with Crippen LogP contribution in [0, 0.1) is 0 Å². The lowest BCUT2D eigenvalue weighted by molar-refractivity contribution is -0.127. The zero-order chi connectivity index (χ0) is 13.8. The summed E-state index contributed by atoms with van der Waals surface area (Å²) in [5.74, 6) is 0.129. The molecule has 0 saturated carbocycles. The normalized spacial score (nSPS) is 18.9. The third kappa shape index (κ3) is 2.52. The Morgan fingerprint density at radius 2 is 2.42 bits per heavy atom. The number of pyridine rings is 1. The number of aromatic nitrogens is 1. The second-order valence-electron chi connectivity index (χ2n) is 4.29. The van der Waals surface area contributed by atoms with Gasteiger partial charge in [0.25, 0.3) is 5.91 Å². The van der Waals surface area contributed by atoms with E-state index in [4.69, 9.17) is 4.74 Å². The summed E-state index contributed by atoms with van der Waals surface area (Å²) < 4.78 is 5.14. The maximum atomic E-state index is 12.5. The van der Waals surface area contributed by atoms with Gasteiger partial charge in [0.05, 0.1) is 18.9 Å². The minimum absolute atomic E-state index is 0.102. The van der Waals surface area contributed by atoms with Crippen LogP contribution in [0.1, 0.15) is 23.7 Å². The first-order valence-corrected chi connectivity index (χ1v) is 6.25. The molecule has 0 aromatic carbocycles. The van der Waals surface area contributed by atoms with Gasteiger partial charge in [-0.1, -0.05) is 6.92 Å². The van der Waals surface area contributed by atoms with E-state index in [1.165, 1.54) is 13.3 Å². The number of piperazine rings is 1. The van der Waals surface area contributed by atoms with E-state index in [1.807, 2.05) is 6.92 Å². The molecule has 0 bridgehead atoms. The Bertz CT molecular complexity index is 490. The van der Waals surface area contributed by atoms with Gasteiger partial charge in [-0.25, -0.2) is 0 Å². The van der Waals surface area contributed by atoms with Crippen molar-refractivity contribution in [3.05, 3.63) is 24.0 Å². The second-order valence-corrected chi connectivity index (χ2v) is 4.29. The Morgan fingerprint density at radius 1 is 1.63 bits per heavy atom. The van der Waals surface area contributed by atoms with Crippen molar-refractivity contribution < 1.29 is 14.3 Å². The van der Waals surface area contributed by atoms with Crippen LogP contribution in [0.2, 0.25) is 0 Å². The highest BCUT2D eigenvalue weighted by atomic mass is 16.5. The number of amides is 2. The molecule has 1 aromatic heterocycles. The average molecular weight is 263 g/mol. The highest BCUT2D eigenvalue weighted by molar-refractivity contribution is 6.00. The highest BCUT2D eigenvalue weighted by Gasteiger charge is 2.33. The molecule has 1 aliphatic heterocycles. The fourth-order valence-corrected chi connectivity index (χ4v) is 2.24. The number of nitrogens with one attached hydrogen (secondary N) is 1. The smallest absolute Gasteiger partial charge is 0.258 e. The van der Waals surface area contributed by atoms with E-state index in [1.54, 1.807) is 17.2 Å². The Balaban J connectivity index is 2.29. The predicted molar refractivity (Wildman–Crippen MR) is 68.9 cm³/mol. The second kappa shape index (κ2) is 5.69. The van der Waals surface area contributed by atoms with Crippen molar-refractivity contribution in [1.82, 2.24) is 15.2 Å². The fourth-order valence-electron chi connectivity index (χ4n) is 2.24. The average Bonchev–Trinajstić information content (AvgIpc) is 2.46. The highest BCUT2D eigenvalue weighted by Crippen LogP contribution is 2.20. The number of methoxy groups -OCH3 is 1. The molecule has 2 heterocycles. The molecule has 1 saturated heterocycles. The van der Waals surface area contributed by atoms with Gasteiger partial charge in [0, 0.05) is 19.3 Å². The van der Waals surface area contributed by atoms with Crippen molar-refractivity contribution in [2.45, 2.75) is 19.4 Å². The minimum atomic E-state index is -0.417. The van der Waals surface area contributed by atoms with Gasteiger partial charge >= 0.3 is 0 Å². The molecule has 0 aliphatic carbocycles.